The van der Waals surface area contributed by atoms with Gasteiger partial charge >= 0.3 is 12.1 Å². The summed E-state index contributed by atoms with van der Waals surface area (Å²) in [4.78, 5) is 20.8. The summed E-state index contributed by atoms with van der Waals surface area (Å²) in [7, 11) is 0.953. The summed E-state index contributed by atoms with van der Waals surface area (Å²) in [5.74, 6) is -1.12. The number of esters is 1. The molecule has 110 valence electrons. The average molecular weight is 354 g/mol. The van der Waals surface area contributed by atoms with E-state index in [1.807, 2.05) is 0 Å². The molecule has 1 atom stereocenters. The number of carbonyl (C=O) groups is 1. The normalized spacial score (nSPS) is 22.9. The topological polar surface area (TPSA) is 55.3 Å². The van der Waals surface area contributed by atoms with Gasteiger partial charge in [-0.2, -0.15) is 13.2 Å². The molecule has 1 unspecified atom stereocenters. The van der Waals surface area contributed by atoms with Crippen LogP contribution in [0.5, 0.6) is 0 Å². The van der Waals surface area contributed by atoms with Crippen LogP contribution in [0.1, 0.15) is 6.42 Å². The Balaban J connectivity index is 2.28. The van der Waals surface area contributed by atoms with E-state index in [9.17, 15) is 18.0 Å². The molecule has 0 amide bonds. The van der Waals surface area contributed by atoms with Crippen LogP contribution in [0.2, 0.25) is 0 Å². The molecule has 2 rings (SSSR count). The van der Waals surface area contributed by atoms with Crippen molar-refractivity contribution in [2.45, 2.75) is 12.6 Å². The van der Waals surface area contributed by atoms with Crippen molar-refractivity contribution < 1.29 is 22.7 Å². The summed E-state index contributed by atoms with van der Waals surface area (Å²) in [5.41, 5.74) is -2.52. The fourth-order valence-corrected chi connectivity index (χ4v) is 2.36. The van der Waals surface area contributed by atoms with Crippen LogP contribution in [0.4, 0.5) is 19.1 Å². The Morgan fingerprint density at radius 2 is 2.05 bits per heavy atom. The lowest BCUT2D eigenvalue weighted by Crippen LogP contribution is -2.48. The first-order chi connectivity index (χ1) is 9.30. The Labute approximate surface area is 121 Å². The van der Waals surface area contributed by atoms with Crippen LogP contribution in [0.25, 0.3) is 0 Å². The fourth-order valence-electron chi connectivity index (χ4n) is 2.16. The van der Waals surface area contributed by atoms with Crippen molar-refractivity contribution >= 4 is 27.8 Å². The Morgan fingerprint density at radius 3 is 2.55 bits per heavy atom. The minimum atomic E-state index is -4.68. The van der Waals surface area contributed by atoms with E-state index in [0.29, 0.717) is 4.47 Å². The van der Waals surface area contributed by atoms with Crippen LogP contribution in [0, 0.1) is 5.41 Å². The number of hydrogen-bond acceptors (Lipinski definition) is 5. The van der Waals surface area contributed by atoms with Crippen LogP contribution in [0.15, 0.2) is 16.9 Å². The number of carbonyl (C=O) groups excluding carboxylic acids is 1. The maximum Gasteiger partial charge on any atom is 0.406 e. The standard InChI is InChI=1S/C11H11BrF3N3O2/c1-20-8(19)10(11(13,14)15)2-3-18(6-10)9-16-4-7(12)5-17-9/h4-5H,2-3,6H2,1H3. The molecule has 1 aliphatic rings. The van der Waals surface area contributed by atoms with Gasteiger partial charge in [0.25, 0.3) is 0 Å². The molecule has 1 aromatic rings. The SMILES string of the molecule is COC(=O)C1(C(F)(F)F)CCN(c2ncc(Br)cn2)C1. The van der Waals surface area contributed by atoms with Crippen molar-refractivity contribution in [3.8, 4) is 0 Å². The third kappa shape index (κ3) is 2.46. The Hall–Kier alpha value is -1.38. The first-order valence-corrected chi connectivity index (χ1v) is 6.47. The highest BCUT2D eigenvalue weighted by Gasteiger charge is 2.64. The van der Waals surface area contributed by atoms with Gasteiger partial charge < -0.3 is 9.64 Å². The number of nitrogens with zero attached hydrogens (tertiary/aromatic N) is 3. The molecule has 0 aromatic carbocycles. The minimum Gasteiger partial charge on any atom is -0.468 e. The van der Waals surface area contributed by atoms with Crippen molar-refractivity contribution in [3.05, 3.63) is 16.9 Å². The van der Waals surface area contributed by atoms with Crippen LogP contribution in [0.3, 0.4) is 0 Å². The maximum atomic E-state index is 13.2. The van der Waals surface area contributed by atoms with Gasteiger partial charge in [0.2, 0.25) is 5.95 Å². The maximum absolute atomic E-state index is 13.2. The lowest BCUT2D eigenvalue weighted by Gasteiger charge is -2.28. The molecule has 2 heterocycles. The Morgan fingerprint density at radius 1 is 1.45 bits per heavy atom. The molecular weight excluding hydrogens is 343 g/mol. The molecule has 0 N–H and O–H groups in total. The van der Waals surface area contributed by atoms with Crippen molar-refractivity contribution in [2.24, 2.45) is 5.41 Å². The number of anilines is 1. The number of alkyl halides is 3. The molecule has 0 saturated carbocycles. The Kier molecular flexibility index (Phi) is 3.90. The summed E-state index contributed by atoms with van der Waals surface area (Å²) in [5, 5.41) is 0. The molecule has 9 heteroatoms. The number of ether oxygens (including phenoxy) is 1. The molecule has 5 nitrogen and oxygen atoms in total. The highest BCUT2D eigenvalue weighted by molar-refractivity contribution is 9.10. The van der Waals surface area contributed by atoms with Crippen LogP contribution in [-0.2, 0) is 9.53 Å². The van der Waals surface area contributed by atoms with E-state index in [0.717, 1.165) is 7.11 Å². The van der Waals surface area contributed by atoms with Crippen LogP contribution in [-0.4, -0.2) is 42.3 Å². The van der Waals surface area contributed by atoms with Gasteiger partial charge in [-0.3, -0.25) is 4.79 Å². The van der Waals surface area contributed by atoms with E-state index in [1.54, 1.807) is 0 Å². The zero-order valence-corrected chi connectivity index (χ0v) is 12.0. The molecule has 0 radical (unpaired) electrons. The summed E-state index contributed by atoms with van der Waals surface area (Å²) in [6.07, 6.45) is -2.17. The molecule has 1 fully saturated rings. The lowest BCUT2D eigenvalue weighted by molar-refractivity contribution is -0.227. The van der Waals surface area contributed by atoms with E-state index >= 15 is 0 Å². The van der Waals surface area contributed by atoms with E-state index in [-0.39, 0.29) is 18.9 Å². The second-order valence-electron chi connectivity index (χ2n) is 4.44. The highest BCUT2D eigenvalue weighted by atomic mass is 79.9. The predicted molar refractivity (Wildman–Crippen MR) is 67.1 cm³/mol. The predicted octanol–water partition coefficient (Wildman–Crippen LogP) is 2.17. The number of hydrogen-bond donors (Lipinski definition) is 0. The van der Waals surface area contributed by atoms with Gasteiger partial charge in [-0.25, -0.2) is 9.97 Å². The third-order valence-corrected chi connectivity index (χ3v) is 3.69. The fraction of sp³-hybridized carbons (Fsp3) is 0.545. The van der Waals surface area contributed by atoms with Gasteiger partial charge in [0.15, 0.2) is 5.41 Å². The molecule has 0 aliphatic carbocycles. The van der Waals surface area contributed by atoms with E-state index in [4.69, 9.17) is 0 Å². The average Bonchev–Trinajstić information content (AvgIpc) is 2.84. The lowest BCUT2D eigenvalue weighted by atomic mass is 9.86. The zero-order valence-electron chi connectivity index (χ0n) is 10.4. The van der Waals surface area contributed by atoms with Gasteiger partial charge in [-0.15, -0.1) is 0 Å². The largest absolute Gasteiger partial charge is 0.468 e. The molecule has 20 heavy (non-hydrogen) atoms. The summed E-state index contributed by atoms with van der Waals surface area (Å²) in [6, 6.07) is 0. The van der Waals surface area contributed by atoms with Crippen molar-refractivity contribution in [1.29, 1.82) is 0 Å². The van der Waals surface area contributed by atoms with Gasteiger partial charge in [-0.1, -0.05) is 0 Å². The molecule has 1 saturated heterocycles. The second kappa shape index (κ2) is 5.19. The van der Waals surface area contributed by atoms with Crippen molar-refractivity contribution in [1.82, 2.24) is 9.97 Å². The third-order valence-electron chi connectivity index (χ3n) is 3.28. The monoisotopic (exact) mass is 353 g/mol. The number of aromatic nitrogens is 2. The quantitative estimate of drug-likeness (QED) is 0.762. The molecular formula is C11H11BrF3N3O2. The second-order valence-corrected chi connectivity index (χ2v) is 5.36. The summed E-state index contributed by atoms with van der Waals surface area (Å²) >= 11 is 3.14. The molecule has 1 aromatic heterocycles. The highest BCUT2D eigenvalue weighted by Crippen LogP contribution is 2.46. The summed E-state index contributed by atoms with van der Waals surface area (Å²) in [6.45, 7) is -0.499. The van der Waals surface area contributed by atoms with Gasteiger partial charge in [-0.05, 0) is 22.4 Å². The van der Waals surface area contributed by atoms with Gasteiger partial charge in [0, 0.05) is 25.5 Å². The van der Waals surface area contributed by atoms with Crippen molar-refractivity contribution in [3.63, 3.8) is 0 Å². The molecule has 0 spiro atoms. The Bertz CT molecular complexity index is 509. The first kappa shape index (κ1) is 15.0. The molecule has 1 aliphatic heterocycles. The first-order valence-electron chi connectivity index (χ1n) is 5.68. The van der Waals surface area contributed by atoms with E-state index < -0.39 is 24.1 Å². The van der Waals surface area contributed by atoms with E-state index in [1.165, 1.54) is 17.3 Å². The molecule has 0 bridgehead atoms. The smallest absolute Gasteiger partial charge is 0.406 e. The number of rotatable bonds is 2. The van der Waals surface area contributed by atoms with E-state index in [2.05, 4.69) is 30.6 Å². The van der Waals surface area contributed by atoms with Crippen LogP contribution < -0.4 is 4.90 Å². The van der Waals surface area contributed by atoms with Crippen LogP contribution >= 0.6 is 15.9 Å². The zero-order chi connectivity index (χ0) is 15.0. The van der Waals surface area contributed by atoms with Gasteiger partial charge in [0.05, 0.1) is 11.6 Å². The number of halogens is 4. The van der Waals surface area contributed by atoms with Gasteiger partial charge in [0.1, 0.15) is 0 Å². The van der Waals surface area contributed by atoms with Crippen molar-refractivity contribution in [2.75, 3.05) is 25.1 Å². The minimum absolute atomic E-state index is 0.0379. The summed E-state index contributed by atoms with van der Waals surface area (Å²) < 4.78 is 44.6. The number of methoxy groups -OCH3 is 1.